The molecule has 1 unspecified atom stereocenters. The van der Waals surface area contributed by atoms with Crippen molar-refractivity contribution in [3.63, 3.8) is 0 Å². The minimum Gasteiger partial charge on any atom is -0.465 e. The van der Waals surface area contributed by atoms with Crippen molar-refractivity contribution in [2.24, 2.45) is 0 Å². The quantitative estimate of drug-likeness (QED) is 0.459. The highest BCUT2D eigenvalue weighted by Gasteiger charge is 2.36. The first-order valence-corrected chi connectivity index (χ1v) is 9.91. The Morgan fingerprint density at radius 3 is 2.47 bits per heavy atom. The largest absolute Gasteiger partial charge is 0.465 e. The van der Waals surface area contributed by atoms with Crippen LogP contribution in [0.2, 0.25) is 0 Å². The molecule has 32 heavy (non-hydrogen) atoms. The van der Waals surface area contributed by atoms with E-state index in [1.807, 2.05) is 0 Å². The first-order valence-electron chi connectivity index (χ1n) is 9.91. The average molecular weight is 429 g/mol. The lowest BCUT2D eigenvalue weighted by Crippen LogP contribution is -2.27. The third-order valence-corrected chi connectivity index (χ3v) is 5.03. The molecule has 1 atom stereocenters. The number of hydrogen-bond donors (Lipinski definition) is 1. The predicted octanol–water partition coefficient (Wildman–Crippen LogP) is 2.87. The molecule has 1 aliphatic carbocycles. The number of nitrogens with zero attached hydrogens (tertiary/aromatic N) is 1. The van der Waals surface area contributed by atoms with Gasteiger partial charge >= 0.3 is 5.97 Å². The van der Waals surface area contributed by atoms with Crippen LogP contribution in [-0.2, 0) is 9.53 Å². The number of ketones is 1. The molecule has 0 saturated heterocycles. The molecule has 0 aliphatic heterocycles. The number of esters is 1. The van der Waals surface area contributed by atoms with E-state index in [0.29, 0.717) is 22.3 Å². The lowest BCUT2D eigenvalue weighted by molar-refractivity contribution is -0.111. The van der Waals surface area contributed by atoms with E-state index in [9.17, 15) is 19.5 Å². The molecule has 1 amide bonds. The fraction of sp³-hybridized carbons (Fsp3) is 0.192. The Labute approximate surface area is 186 Å². The van der Waals surface area contributed by atoms with E-state index in [4.69, 9.17) is 0 Å². The van der Waals surface area contributed by atoms with Gasteiger partial charge in [0.15, 0.2) is 5.78 Å². The normalized spacial score (nSPS) is 18.2. The maximum atomic E-state index is 12.4. The lowest BCUT2D eigenvalue weighted by Gasteiger charge is -2.19. The van der Waals surface area contributed by atoms with Crippen LogP contribution in [-0.4, -0.2) is 54.5 Å². The van der Waals surface area contributed by atoms with E-state index < -0.39 is 11.6 Å². The highest BCUT2D eigenvalue weighted by Crippen LogP contribution is 2.31. The van der Waals surface area contributed by atoms with Crippen molar-refractivity contribution < 1.29 is 24.2 Å². The maximum absolute atomic E-state index is 12.4. The van der Waals surface area contributed by atoms with Crippen LogP contribution in [0.5, 0.6) is 0 Å². The van der Waals surface area contributed by atoms with Crippen LogP contribution in [0.4, 0.5) is 0 Å². The summed E-state index contributed by atoms with van der Waals surface area (Å²) in [6.45, 7) is 0. The molecule has 0 bridgehead atoms. The van der Waals surface area contributed by atoms with Crippen molar-refractivity contribution in [3.05, 3.63) is 88.5 Å². The molecule has 0 radical (unpaired) electrons. The van der Waals surface area contributed by atoms with Gasteiger partial charge in [0.25, 0.3) is 5.91 Å². The first kappa shape index (κ1) is 22.7. The molecule has 162 valence electrons. The van der Waals surface area contributed by atoms with Gasteiger partial charge in [-0.15, -0.1) is 0 Å². The summed E-state index contributed by atoms with van der Waals surface area (Å²) in [5.41, 5.74) is 0.695. The number of carbonyl (C=O) groups excluding carboxylic acids is 3. The van der Waals surface area contributed by atoms with Gasteiger partial charge in [-0.25, -0.2) is 4.79 Å². The van der Waals surface area contributed by atoms with Crippen molar-refractivity contribution in [2.75, 3.05) is 21.2 Å². The van der Waals surface area contributed by atoms with Crippen LogP contribution >= 0.6 is 0 Å². The number of methoxy groups -OCH3 is 1. The van der Waals surface area contributed by atoms with Gasteiger partial charge in [-0.2, -0.15) is 0 Å². The molecule has 6 nitrogen and oxygen atoms in total. The highest BCUT2D eigenvalue weighted by atomic mass is 16.5. The SMILES string of the molecule is COC(=O)c1ccc(/C=C2/C(=O)C=CC2(O)CC#Cc2ccccc2C(=O)N(C)C)cc1. The smallest absolute Gasteiger partial charge is 0.337 e. The number of rotatable bonds is 4. The number of carbonyl (C=O) groups is 3. The van der Waals surface area contributed by atoms with Gasteiger partial charge in [-0.1, -0.05) is 36.1 Å². The van der Waals surface area contributed by atoms with Crippen LogP contribution in [0.15, 0.2) is 66.3 Å². The van der Waals surface area contributed by atoms with Crippen LogP contribution in [0.1, 0.15) is 38.3 Å². The number of ether oxygens (including phenoxy) is 1. The van der Waals surface area contributed by atoms with E-state index in [1.165, 1.54) is 24.2 Å². The van der Waals surface area contributed by atoms with Crippen molar-refractivity contribution in [1.82, 2.24) is 4.90 Å². The zero-order chi connectivity index (χ0) is 23.3. The van der Waals surface area contributed by atoms with Gasteiger partial charge in [0.1, 0.15) is 5.60 Å². The molecular weight excluding hydrogens is 406 g/mol. The van der Waals surface area contributed by atoms with E-state index in [1.54, 1.807) is 68.7 Å². The Kier molecular flexibility index (Phi) is 6.72. The minimum atomic E-state index is -1.55. The Balaban J connectivity index is 1.85. The van der Waals surface area contributed by atoms with Crippen molar-refractivity contribution >= 4 is 23.7 Å². The van der Waals surface area contributed by atoms with Gasteiger partial charge < -0.3 is 14.7 Å². The molecule has 0 spiro atoms. The number of allylic oxidation sites excluding steroid dienone is 1. The molecular formula is C26H23NO5. The van der Waals surface area contributed by atoms with Gasteiger partial charge in [0.05, 0.1) is 18.2 Å². The Hall–Kier alpha value is -3.95. The zero-order valence-electron chi connectivity index (χ0n) is 18.1. The molecule has 0 heterocycles. The van der Waals surface area contributed by atoms with Crippen LogP contribution in [0.25, 0.3) is 6.08 Å². The van der Waals surface area contributed by atoms with Crippen molar-refractivity contribution in [3.8, 4) is 11.8 Å². The molecule has 0 saturated carbocycles. The van der Waals surface area contributed by atoms with Gasteiger partial charge in [-0.3, -0.25) is 9.59 Å². The molecule has 6 heteroatoms. The molecule has 1 N–H and O–H groups in total. The topological polar surface area (TPSA) is 83.9 Å². The second-order valence-electron chi connectivity index (χ2n) is 7.52. The Morgan fingerprint density at radius 2 is 1.81 bits per heavy atom. The van der Waals surface area contributed by atoms with Gasteiger partial charge in [0, 0.05) is 31.7 Å². The van der Waals surface area contributed by atoms with Crippen LogP contribution in [0.3, 0.4) is 0 Å². The van der Waals surface area contributed by atoms with Crippen LogP contribution in [0, 0.1) is 11.8 Å². The summed E-state index contributed by atoms with van der Waals surface area (Å²) in [7, 11) is 4.63. The predicted molar refractivity (Wildman–Crippen MR) is 121 cm³/mol. The number of benzene rings is 2. The van der Waals surface area contributed by atoms with E-state index in [2.05, 4.69) is 16.6 Å². The summed E-state index contributed by atoms with van der Waals surface area (Å²) in [4.78, 5) is 37.8. The Morgan fingerprint density at radius 1 is 1.12 bits per heavy atom. The Bertz CT molecular complexity index is 1180. The number of aliphatic hydroxyl groups is 1. The molecule has 2 aromatic carbocycles. The summed E-state index contributed by atoms with van der Waals surface area (Å²) in [6.07, 6.45) is 4.30. The van der Waals surface area contributed by atoms with E-state index >= 15 is 0 Å². The molecule has 1 aliphatic rings. The number of amides is 1. The summed E-state index contributed by atoms with van der Waals surface area (Å²) in [5, 5.41) is 11.1. The summed E-state index contributed by atoms with van der Waals surface area (Å²) >= 11 is 0. The van der Waals surface area contributed by atoms with E-state index in [0.717, 1.165) is 0 Å². The minimum absolute atomic E-state index is 0.0220. The monoisotopic (exact) mass is 429 g/mol. The average Bonchev–Trinajstić information content (AvgIpc) is 3.07. The maximum Gasteiger partial charge on any atom is 0.337 e. The third-order valence-electron chi connectivity index (χ3n) is 5.03. The van der Waals surface area contributed by atoms with Crippen LogP contribution < -0.4 is 0 Å². The van der Waals surface area contributed by atoms with E-state index in [-0.39, 0.29) is 23.7 Å². The molecule has 0 fully saturated rings. The second kappa shape index (κ2) is 9.46. The molecule has 2 aromatic rings. The molecule has 0 aromatic heterocycles. The molecule has 3 rings (SSSR count). The summed E-state index contributed by atoms with van der Waals surface area (Å²) < 4.78 is 4.68. The van der Waals surface area contributed by atoms with Gasteiger partial charge in [-0.05, 0) is 48.1 Å². The van der Waals surface area contributed by atoms with Crippen molar-refractivity contribution in [2.45, 2.75) is 12.0 Å². The summed E-state index contributed by atoms with van der Waals surface area (Å²) in [6, 6.07) is 13.5. The standard InChI is InChI=1S/C26H23NO5/c1-27(2)24(29)21-9-5-4-7-19(21)8-6-15-26(31)16-14-23(28)22(26)17-18-10-12-20(13-11-18)25(30)32-3/h4-5,7,9-14,16-17,31H,15H2,1-3H3/b22-17-. The highest BCUT2D eigenvalue weighted by molar-refractivity contribution is 6.12. The van der Waals surface area contributed by atoms with Crippen molar-refractivity contribution in [1.29, 1.82) is 0 Å². The number of hydrogen-bond acceptors (Lipinski definition) is 5. The summed E-state index contributed by atoms with van der Waals surface area (Å²) in [5.74, 6) is 4.92. The van der Waals surface area contributed by atoms with Gasteiger partial charge in [0.2, 0.25) is 0 Å². The zero-order valence-corrected chi connectivity index (χ0v) is 18.1. The fourth-order valence-electron chi connectivity index (χ4n) is 3.25. The second-order valence-corrected chi connectivity index (χ2v) is 7.52. The fourth-order valence-corrected chi connectivity index (χ4v) is 3.25. The lowest BCUT2D eigenvalue weighted by atomic mass is 9.91. The first-order chi connectivity index (χ1) is 15.2. The third kappa shape index (κ3) is 4.85.